The predicted molar refractivity (Wildman–Crippen MR) is 133 cm³/mol. The summed E-state index contributed by atoms with van der Waals surface area (Å²) < 4.78 is 42.4. The zero-order valence-corrected chi connectivity index (χ0v) is 20.8. The first-order valence-electron chi connectivity index (χ1n) is 10.7. The number of sulfonamides is 1. The molecule has 0 saturated carbocycles. The molecule has 0 radical (unpaired) electrons. The first kappa shape index (κ1) is 26.2. The van der Waals surface area contributed by atoms with Crippen LogP contribution in [0.15, 0.2) is 83.8 Å². The maximum absolute atomic E-state index is 14.4. The summed E-state index contributed by atoms with van der Waals surface area (Å²) in [4.78, 5) is 27.1. The van der Waals surface area contributed by atoms with Gasteiger partial charge in [0, 0.05) is 24.2 Å². The molecule has 3 rings (SSSR count). The van der Waals surface area contributed by atoms with E-state index in [-0.39, 0.29) is 22.7 Å². The van der Waals surface area contributed by atoms with Gasteiger partial charge < -0.3 is 10.2 Å². The van der Waals surface area contributed by atoms with Gasteiger partial charge in [-0.2, -0.15) is 0 Å². The molecule has 0 aliphatic carbocycles. The van der Waals surface area contributed by atoms with Crippen molar-refractivity contribution in [2.75, 3.05) is 17.9 Å². The van der Waals surface area contributed by atoms with Crippen molar-refractivity contribution in [2.45, 2.75) is 24.4 Å². The van der Waals surface area contributed by atoms with E-state index in [1.54, 1.807) is 24.3 Å². The van der Waals surface area contributed by atoms with Crippen LogP contribution in [-0.4, -0.2) is 44.8 Å². The van der Waals surface area contributed by atoms with Gasteiger partial charge in [0.15, 0.2) is 0 Å². The maximum Gasteiger partial charge on any atom is 0.264 e. The van der Waals surface area contributed by atoms with Crippen LogP contribution < -0.4 is 9.62 Å². The SMILES string of the molecule is CNC(=O)C(C)N(Cc1ccccc1F)C(=O)CN(c1ccc(Cl)cc1)S(=O)(=O)c1ccccc1. The van der Waals surface area contributed by atoms with Crippen LogP contribution in [0.1, 0.15) is 12.5 Å². The van der Waals surface area contributed by atoms with Gasteiger partial charge in [0.2, 0.25) is 11.8 Å². The quantitative estimate of drug-likeness (QED) is 0.467. The van der Waals surface area contributed by atoms with Gasteiger partial charge in [0.05, 0.1) is 10.6 Å². The van der Waals surface area contributed by atoms with Gasteiger partial charge >= 0.3 is 0 Å². The van der Waals surface area contributed by atoms with Crippen molar-refractivity contribution < 1.29 is 22.4 Å². The molecule has 3 aromatic rings. The second-order valence-corrected chi connectivity index (χ2v) is 10.0. The van der Waals surface area contributed by atoms with Crippen molar-refractivity contribution in [3.63, 3.8) is 0 Å². The summed E-state index contributed by atoms with van der Waals surface area (Å²) >= 11 is 5.98. The van der Waals surface area contributed by atoms with Crippen LogP contribution in [0.4, 0.5) is 10.1 Å². The first-order valence-corrected chi connectivity index (χ1v) is 12.5. The smallest absolute Gasteiger partial charge is 0.264 e. The molecule has 0 heterocycles. The third kappa shape index (κ3) is 6.17. The van der Waals surface area contributed by atoms with Gasteiger partial charge in [-0.3, -0.25) is 13.9 Å². The van der Waals surface area contributed by atoms with E-state index < -0.39 is 40.2 Å². The molecule has 1 atom stereocenters. The summed E-state index contributed by atoms with van der Waals surface area (Å²) in [5.41, 5.74) is 0.408. The van der Waals surface area contributed by atoms with Gasteiger partial charge in [-0.25, -0.2) is 12.8 Å². The van der Waals surface area contributed by atoms with Crippen LogP contribution in [0.3, 0.4) is 0 Å². The van der Waals surface area contributed by atoms with Crippen LogP contribution in [-0.2, 0) is 26.2 Å². The highest BCUT2D eigenvalue weighted by Crippen LogP contribution is 2.26. The Morgan fingerprint density at radius 2 is 1.57 bits per heavy atom. The van der Waals surface area contributed by atoms with Crippen molar-refractivity contribution in [1.29, 1.82) is 0 Å². The fourth-order valence-electron chi connectivity index (χ4n) is 3.46. The van der Waals surface area contributed by atoms with Crippen molar-refractivity contribution in [2.24, 2.45) is 0 Å². The number of hydrogen-bond acceptors (Lipinski definition) is 4. The second kappa shape index (κ2) is 11.3. The fourth-order valence-corrected chi connectivity index (χ4v) is 5.02. The number of amides is 2. The zero-order chi connectivity index (χ0) is 25.6. The zero-order valence-electron chi connectivity index (χ0n) is 19.2. The molecular formula is C25H25ClFN3O4S. The van der Waals surface area contributed by atoms with E-state index in [0.29, 0.717) is 5.02 Å². The molecule has 0 fully saturated rings. The van der Waals surface area contributed by atoms with Crippen molar-refractivity contribution in [3.8, 4) is 0 Å². The molecule has 0 aromatic heterocycles. The first-order chi connectivity index (χ1) is 16.6. The number of rotatable bonds is 9. The highest BCUT2D eigenvalue weighted by molar-refractivity contribution is 7.92. The van der Waals surface area contributed by atoms with Crippen LogP contribution in [0.25, 0.3) is 0 Å². The Hall–Kier alpha value is -3.43. The summed E-state index contributed by atoms with van der Waals surface area (Å²) in [6.07, 6.45) is 0. The van der Waals surface area contributed by atoms with E-state index in [9.17, 15) is 22.4 Å². The topological polar surface area (TPSA) is 86.8 Å². The lowest BCUT2D eigenvalue weighted by Crippen LogP contribution is -2.50. The van der Waals surface area contributed by atoms with E-state index in [2.05, 4.69) is 5.32 Å². The molecule has 184 valence electrons. The van der Waals surface area contributed by atoms with E-state index in [1.807, 2.05) is 0 Å². The molecule has 0 spiro atoms. The van der Waals surface area contributed by atoms with Gasteiger partial charge in [0.1, 0.15) is 18.4 Å². The Morgan fingerprint density at radius 3 is 2.17 bits per heavy atom. The summed E-state index contributed by atoms with van der Waals surface area (Å²) in [5, 5.41) is 2.87. The van der Waals surface area contributed by atoms with E-state index >= 15 is 0 Å². The number of carbonyl (C=O) groups excluding carboxylic acids is 2. The third-order valence-corrected chi connectivity index (χ3v) is 7.48. The van der Waals surface area contributed by atoms with E-state index in [0.717, 1.165) is 9.21 Å². The standard InChI is InChI=1S/C25H25ClFN3O4S/c1-18(25(32)28-2)29(16-19-8-6-7-11-23(19)27)24(31)17-30(21-14-12-20(26)13-15-21)35(33,34)22-9-4-3-5-10-22/h3-15,18H,16-17H2,1-2H3,(H,28,32). The summed E-state index contributed by atoms with van der Waals surface area (Å²) in [7, 11) is -2.74. The molecule has 1 N–H and O–H groups in total. The van der Waals surface area contributed by atoms with Gasteiger partial charge in [-0.1, -0.05) is 48.0 Å². The lowest BCUT2D eigenvalue weighted by atomic mass is 10.1. The highest BCUT2D eigenvalue weighted by Gasteiger charge is 2.32. The number of benzene rings is 3. The van der Waals surface area contributed by atoms with Gasteiger partial charge in [-0.05, 0) is 49.4 Å². The fraction of sp³-hybridized carbons (Fsp3) is 0.200. The normalized spacial score (nSPS) is 12.0. The summed E-state index contributed by atoms with van der Waals surface area (Å²) in [6, 6.07) is 18.6. The van der Waals surface area contributed by atoms with Crippen molar-refractivity contribution in [1.82, 2.24) is 10.2 Å². The highest BCUT2D eigenvalue weighted by atomic mass is 35.5. The molecule has 0 aliphatic rings. The Balaban J connectivity index is 2.02. The minimum absolute atomic E-state index is 0.0113. The minimum atomic E-state index is -4.16. The number of anilines is 1. The number of hydrogen-bond donors (Lipinski definition) is 1. The maximum atomic E-state index is 14.4. The molecule has 7 nitrogen and oxygen atoms in total. The van der Waals surface area contributed by atoms with E-state index in [4.69, 9.17) is 11.6 Å². The monoisotopic (exact) mass is 517 g/mol. The molecule has 0 aliphatic heterocycles. The van der Waals surface area contributed by atoms with Crippen LogP contribution in [0.2, 0.25) is 5.02 Å². The van der Waals surface area contributed by atoms with E-state index in [1.165, 1.54) is 68.6 Å². The Bertz CT molecular complexity index is 1290. The number of nitrogens with zero attached hydrogens (tertiary/aromatic N) is 2. The molecule has 0 saturated heterocycles. The minimum Gasteiger partial charge on any atom is -0.357 e. The van der Waals surface area contributed by atoms with Crippen molar-refractivity contribution in [3.05, 3.63) is 95.3 Å². The molecule has 0 bridgehead atoms. The summed E-state index contributed by atoms with van der Waals surface area (Å²) in [5.74, 6) is -1.70. The second-order valence-electron chi connectivity index (χ2n) is 7.70. The molecular weight excluding hydrogens is 493 g/mol. The number of halogens is 2. The Labute approximate surface area is 209 Å². The van der Waals surface area contributed by atoms with Gasteiger partial charge in [0.25, 0.3) is 10.0 Å². The Morgan fingerprint density at radius 1 is 0.971 bits per heavy atom. The lowest BCUT2D eigenvalue weighted by Gasteiger charge is -2.31. The lowest BCUT2D eigenvalue weighted by molar-refractivity contribution is -0.139. The van der Waals surface area contributed by atoms with Crippen molar-refractivity contribution >= 4 is 39.1 Å². The molecule has 2 amide bonds. The average molecular weight is 518 g/mol. The number of carbonyl (C=O) groups is 2. The van der Waals surface area contributed by atoms with Crippen LogP contribution >= 0.6 is 11.6 Å². The average Bonchev–Trinajstić information content (AvgIpc) is 2.86. The number of likely N-dealkylation sites (N-methyl/N-ethyl adjacent to an activating group) is 1. The van der Waals surface area contributed by atoms with Gasteiger partial charge in [-0.15, -0.1) is 0 Å². The largest absolute Gasteiger partial charge is 0.357 e. The van der Waals surface area contributed by atoms with Crippen LogP contribution in [0.5, 0.6) is 0 Å². The predicted octanol–water partition coefficient (Wildman–Crippen LogP) is 3.84. The van der Waals surface area contributed by atoms with Crippen LogP contribution in [0, 0.1) is 5.82 Å². The molecule has 10 heteroatoms. The summed E-state index contributed by atoms with van der Waals surface area (Å²) in [6.45, 7) is 0.657. The molecule has 35 heavy (non-hydrogen) atoms. The third-order valence-electron chi connectivity index (χ3n) is 5.44. The molecule has 1 unspecified atom stereocenters. The number of nitrogens with one attached hydrogen (secondary N) is 1. The molecule has 3 aromatic carbocycles. The Kier molecular flexibility index (Phi) is 8.48.